The van der Waals surface area contributed by atoms with Crippen LogP contribution >= 0.6 is 0 Å². The molecule has 0 saturated carbocycles. The minimum atomic E-state index is -0.594. The zero-order chi connectivity index (χ0) is 20.4. The number of amides is 2. The topological polar surface area (TPSA) is 84.7 Å². The summed E-state index contributed by atoms with van der Waals surface area (Å²) in [6.45, 7) is 0.983. The molecule has 2 fully saturated rings. The van der Waals surface area contributed by atoms with Crippen LogP contribution in [0.1, 0.15) is 35.2 Å². The van der Waals surface area contributed by atoms with Crippen LogP contribution in [-0.2, 0) is 11.2 Å². The molecule has 2 aliphatic heterocycles. The summed E-state index contributed by atoms with van der Waals surface area (Å²) in [4.78, 5) is 26.6. The van der Waals surface area contributed by atoms with Crippen LogP contribution in [0, 0.1) is 5.82 Å². The number of halogens is 1. The molecule has 2 saturated heterocycles. The molecule has 0 unspecified atom stereocenters. The first-order chi connectivity index (χ1) is 14.0. The third-order valence-corrected chi connectivity index (χ3v) is 5.57. The van der Waals surface area contributed by atoms with Crippen LogP contribution in [0.4, 0.5) is 4.39 Å². The Morgan fingerprint density at radius 1 is 1.14 bits per heavy atom. The molecule has 0 spiro atoms. The maximum absolute atomic E-state index is 14.5. The van der Waals surface area contributed by atoms with Crippen molar-refractivity contribution in [1.29, 1.82) is 0 Å². The van der Waals surface area contributed by atoms with Crippen molar-refractivity contribution in [1.82, 2.24) is 10.2 Å². The minimum absolute atomic E-state index is 0.0338. The van der Waals surface area contributed by atoms with Crippen LogP contribution in [0.25, 0.3) is 0 Å². The standard InChI is InChI=1S/C22H24FN3O3/c23-20-8-7-18(29-17-5-1-14(2-6-17)9-10-24)12-19(20)22(28)26-15-3-4-16(26)13-25-21(27)11-15/h1-2,5-8,12,15-16H,3-4,9-11,13,24H2,(H,25,27)/t15-,16+/m1/s1. The first-order valence-electron chi connectivity index (χ1n) is 9.91. The van der Waals surface area contributed by atoms with Crippen molar-refractivity contribution < 1.29 is 18.7 Å². The lowest BCUT2D eigenvalue weighted by Gasteiger charge is -2.27. The average molecular weight is 397 g/mol. The van der Waals surface area contributed by atoms with Crippen LogP contribution in [0.2, 0.25) is 0 Å². The Balaban J connectivity index is 1.55. The normalized spacial score (nSPS) is 20.9. The zero-order valence-corrected chi connectivity index (χ0v) is 16.1. The summed E-state index contributed by atoms with van der Waals surface area (Å²) < 4.78 is 20.3. The number of hydrogen-bond donors (Lipinski definition) is 2. The lowest BCUT2D eigenvalue weighted by Crippen LogP contribution is -2.42. The number of carbonyl (C=O) groups is 2. The Hall–Kier alpha value is -2.93. The maximum atomic E-state index is 14.5. The van der Waals surface area contributed by atoms with Crippen molar-refractivity contribution in [2.24, 2.45) is 5.73 Å². The van der Waals surface area contributed by atoms with E-state index in [4.69, 9.17) is 10.5 Å². The van der Waals surface area contributed by atoms with E-state index in [2.05, 4.69) is 5.32 Å². The van der Waals surface area contributed by atoms with Crippen molar-refractivity contribution >= 4 is 11.8 Å². The Morgan fingerprint density at radius 3 is 2.62 bits per heavy atom. The predicted octanol–water partition coefficient (Wildman–Crippen LogP) is 2.61. The van der Waals surface area contributed by atoms with Gasteiger partial charge in [-0.2, -0.15) is 0 Å². The molecule has 2 amide bonds. The Labute approximate surface area is 168 Å². The molecule has 6 nitrogen and oxygen atoms in total. The summed E-state index contributed by atoms with van der Waals surface area (Å²) in [7, 11) is 0. The molecule has 4 rings (SSSR count). The monoisotopic (exact) mass is 397 g/mol. The van der Waals surface area contributed by atoms with Crippen LogP contribution in [0.15, 0.2) is 42.5 Å². The lowest BCUT2D eigenvalue weighted by atomic mass is 10.1. The van der Waals surface area contributed by atoms with E-state index in [1.54, 1.807) is 4.90 Å². The molecule has 2 atom stereocenters. The third-order valence-electron chi connectivity index (χ3n) is 5.57. The molecule has 29 heavy (non-hydrogen) atoms. The van der Waals surface area contributed by atoms with Gasteiger partial charge in [0.05, 0.1) is 5.56 Å². The van der Waals surface area contributed by atoms with Gasteiger partial charge in [-0.3, -0.25) is 9.59 Å². The first-order valence-corrected chi connectivity index (χ1v) is 9.91. The molecule has 152 valence electrons. The van der Waals surface area contributed by atoms with Gasteiger partial charge in [0, 0.05) is 25.0 Å². The summed E-state index contributed by atoms with van der Waals surface area (Å²) in [5, 5.41) is 2.83. The fourth-order valence-electron chi connectivity index (χ4n) is 4.11. The highest BCUT2D eigenvalue weighted by Crippen LogP contribution is 2.32. The van der Waals surface area contributed by atoms with Crippen molar-refractivity contribution in [2.45, 2.75) is 37.8 Å². The smallest absolute Gasteiger partial charge is 0.257 e. The zero-order valence-electron chi connectivity index (χ0n) is 16.1. The average Bonchev–Trinajstić information content (AvgIpc) is 3.02. The van der Waals surface area contributed by atoms with Gasteiger partial charge >= 0.3 is 0 Å². The Morgan fingerprint density at radius 2 is 1.86 bits per heavy atom. The number of nitrogens with zero attached hydrogens (tertiary/aromatic N) is 1. The number of carbonyl (C=O) groups excluding carboxylic acids is 2. The predicted molar refractivity (Wildman–Crippen MR) is 106 cm³/mol. The van der Waals surface area contributed by atoms with E-state index in [1.165, 1.54) is 18.2 Å². The number of rotatable bonds is 5. The van der Waals surface area contributed by atoms with E-state index in [-0.39, 0.29) is 30.0 Å². The summed E-state index contributed by atoms with van der Waals surface area (Å²) in [5.74, 6) is -0.0671. The second-order valence-electron chi connectivity index (χ2n) is 7.53. The van der Waals surface area contributed by atoms with Gasteiger partial charge in [0.2, 0.25) is 5.91 Å². The molecule has 0 aromatic heterocycles. The van der Waals surface area contributed by atoms with E-state index in [0.717, 1.165) is 24.8 Å². The molecule has 2 aliphatic rings. The van der Waals surface area contributed by atoms with E-state index in [0.29, 0.717) is 24.6 Å². The van der Waals surface area contributed by atoms with Gasteiger partial charge < -0.3 is 20.7 Å². The van der Waals surface area contributed by atoms with Crippen molar-refractivity contribution in [3.05, 3.63) is 59.4 Å². The lowest BCUT2D eigenvalue weighted by molar-refractivity contribution is -0.121. The van der Waals surface area contributed by atoms with Crippen molar-refractivity contribution in [3.8, 4) is 11.5 Å². The van der Waals surface area contributed by atoms with Crippen LogP contribution in [0.5, 0.6) is 11.5 Å². The number of benzene rings is 2. The molecule has 0 radical (unpaired) electrons. The molecule has 0 aliphatic carbocycles. The summed E-state index contributed by atoms with van der Waals surface area (Å²) in [6, 6.07) is 11.4. The van der Waals surface area contributed by atoms with Gasteiger partial charge in [-0.05, 0) is 61.7 Å². The molecule has 3 N–H and O–H groups in total. The number of hydrogen-bond acceptors (Lipinski definition) is 4. The summed E-state index contributed by atoms with van der Waals surface area (Å²) in [5.41, 5.74) is 6.63. The van der Waals surface area contributed by atoms with Crippen LogP contribution in [-0.4, -0.2) is 41.9 Å². The molecule has 2 heterocycles. The van der Waals surface area contributed by atoms with Crippen molar-refractivity contribution in [3.63, 3.8) is 0 Å². The minimum Gasteiger partial charge on any atom is -0.457 e. The van der Waals surface area contributed by atoms with Gasteiger partial charge in [0.25, 0.3) is 5.91 Å². The van der Waals surface area contributed by atoms with Gasteiger partial charge in [0.1, 0.15) is 17.3 Å². The molecular formula is C22H24FN3O3. The number of fused-ring (bicyclic) bond motifs is 2. The fraction of sp³-hybridized carbons (Fsp3) is 0.364. The largest absolute Gasteiger partial charge is 0.457 e. The highest BCUT2D eigenvalue weighted by atomic mass is 19.1. The fourth-order valence-corrected chi connectivity index (χ4v) is 4.11. The quantitative estimate of drug-likeness (QED) is 0.812. The Kier molecular flexibility index (Phi) is 5.49. The van der Waals surface area contributed by atoms with E-state index < -0.39 is 11.7 Å². The second kappa shape index (κ2) is 8.21. The summed E-state index contributed by atoms with van der Waals surface area (Å²) in [6.07, 6.45) is 2.61. The summed E-state index contributed by atoms with van der Waals surface area (Å²) >= 11 is 0. The molecule has 2 bridgehead atoms. The molecule has 2 aromatic rings. The highest BCUT2D eigenvalue weighted by Gasteiger charge is 2.41. The van der Waals surface area contributed by atoms with E-state index >= 15 is 0 Å². The van der Waals surface area contributed by atoms with Crippen molar-refractivity contribution in [2.75, 3.05) is 13.1 Å². The maximum Gasteiger partial charge on any atom is 0.257 e. The molecule has 2 aromatic carbocycles. The van der Waals surface area contributed by atoms with Gasteiger partial charge in [0.15, 0.2) is 0 Å². The molecule has 7 heteroatoms. The van der Waals surface area contributed by atoms with Gasteiger partial charge in [-0.15, -0.1) is 0 Å². The van der Waals surface area contributed by atoms with Crippen LogP contribution in [0.3, 0.4) is 0 Å². The van der Waals surface area contributed by atoms with E-state index in [9.17, 15) is 14.0 Å². The van der Waals surface area contributed by atoms with Gasteiger partial charge in [-0.25, -0.2) is 4.39 Å². The number of nitrogens with two attached hydrogens (primary N) is 1. The highest BCUT2D eigenvalue weighted by molar-refractivity contribution is 5.96. The molecular weight excluding hydrogens is 373 g/mol. The second-order valence-corrected chi connectivity index (χ2v) is 7.53. The van der Waals surface area contributed by atoms with Crippen LogP contribution < -0.4 is 15.8 Å². The first kappa shape index (κ1) is 19.4. The number of nitrogens with one attached hydrogen (secondary N) is 1. The number of ether oxygens (including phenoxy) is 1. The van der Waals surface area contributed by atoms with E-state index in [1.807, 2.05) is 24.3 Å². The SMILES string of the molecule is NCCc1ccc(Oc2ccc(F)c(C(=O)N3[C@@H]4CC[C@H]3CNC(=O)C4)c2)cc1. The Bertz CT molecular complexity index is 916. The van der Waals surface area contributed by atoms with Gasteiger partial charge in [-0.1, -0.05) is 12.1 Å². The third kappa shape index (κ3) is 4.10.